The van der Waals surface area contributed by atoms with E-state index in [2.05, 4.69) is 17.0 Å². The van der Waals surface area contributed by atoms with Crippen molar-refractivity contribution in [3.63, 3.8) is 0 Å². The number of hydrogen-bond donors (Lipinski definition) is 0. The van der Waals surface area contributed by atoms with Gasteiger partial charge in [-0.15, -0.1) is 0 Å². The molecule has 2 heteroatoms. The zero-order valence-corrected chi connectivity index (χ0v) is 7.57. The highest BCUT2D eigenvalue weighted by atomic mass is 16.5. The molecule has 0 spiro atoms. The van der Waals surface area contributed by atoms with Crippen molar-refractivity contribution >= 4 is 0 Å². The fourth-order valence-corrected chi connectivity index (χ4v) is 1.08. The molecule has 0 N–H and O–H groups in total. The van der Waals surface area contributed by atoms with Gasteiger partial charge in [0.25, 0.3) is 0 Å². The molecule has 1 aromatic heterocycles. The van der Waals surface area contributed by atoms with E-state index < -0.39 is 0 Å². The molecule has 0 bridgehead atoms. The molecule has 0 atom stereocenters. The number of pyridine rings is 1. The summed E-state index contributed by atoms with van der Waals surface area (Å²) in [7, 11) is 0. The van der Waals surface area contributed by atoms with Crippen LogP contribution in [0.25, 0.3) is 0 Å². The highest BCUT2D eigenvalue weighted by molar-refractivity contribution is 4.83. The van der Waals surface area contributed by atoms with E-state index in [1.807, 2.05) is 25.1 Å². The van der Waals surface area contributed by atoms with E-state index >= 15 is 0 Å². The van der Waals surface area contributed by atoms with Gasteiger partial charge in [0.1, 0.15) is 0 Å². The molecule has 0 saturated heterocycles. The van der Waals surface area contributed by atoms with Gasteiger partial charge in [0.05, 0.1) is 6.61 Å². The van der Waals surface area contributed by atoms with Crippen molar-refractivity contribution in [1.82, 2.24) is 0 Å². The first-order chi connectivity index (χ1) is 5.93. The Morgan fingerprint density at radius 3 is 2.58 bits per heavy atom. The Morgan fingerprint density at radius 2 is 1.92 bits per heavy atom. The number of hydrogen-bond acceptors (Lipinski definition) is 1. The van der Waals surface area contributed by atoms with E-state index in [9.17, 15) is 0 Å². The minimum atomic E-state index is 0.819. The van der Waals surface area contributed by atoms with Crippen LogP contribution < -0.4 is 4.57 Å². The number of aromatic nitrogens is 1. The summed E-state index contributed by atoms with van der Waals surface area (Å²) in [4.78, 5) is 0. The zero-order chi connectivity index (χ0) is 8.65. The molecule has 12 heavy (non-hydrogen) atoms. The van der Waals surface area contributed by atoms with Crippen LogP contribution in [-0.2, 0) is 11.3 Å². The molecule has 0 unspecified atom stereocenters. The van der Waals surface area contributed by atoms with Crippen molar-refractivity contribution in [2.24, 2.45) is 0 Å². The highest BCUT2D eigenvalue weighted by Gasteiger charge is 1.95. The Hall–Kier alpha value is -0.890. The molecule has 0 aromatic carbocycles. The first-order valence-corrected chi connectivity index (χ1v) is 4.45. The van der Waals surface area contributed by atoms with Crippen molar-refractivity contribution in [3.05, 3.63) is 30.6 Å². The van der Waals surface area contributed by atoms with Crippen LogP contribution in [0, 0.1) is 0 Å². The Kier molecular flexibility index (Phi) is 4.39. The average Bonchev–Trinajstić information content (AvgIpc) is 2.14. The summed E-state index contributed by atoms with van der Waals surface area (Å²) in [6.45, 7) is 4.74. The van der Waals surface area contributed by atoms with E-state index in [1.54, 1.807) is 0 Å². The molecule has 0 aliphatic heterocycles. The van der Waals surface area contributed by atoms with Gasteiger partial charge in [0.15, 0.2) is 18.9 Å². The summed E-state index contributed by atoms with van der Waals surface area (Å²) < 4.78 is 7.41. The van der Waals surface area contributed by atoms with Crippen LogP contribution in [0.3, 0.4) is 0 Å². The number of nitrogens with zero attached hydrogens (tertiary/aromatic N) is 1. The molecule has 0 fully saturated rings. The second kappa shape index (κ2) is 5.72. The monoisotopic (exact) mass is 166 g/mol. The summed E-state index contributed by atoms with van der Waals surface area (Å²) in [5.74, 6) is 0. The van der Waals surface area contributed by atoms with Crippen molar-refractivity contribution in [3.8, 4) is 0 Å². The fraction of sp³-hybridized carbons (Fsp3) is 0.500. The third-order valence-corrected chi connectivity index (χ3v) is 1.69. The van der Waals surface area contributed by atoms with Crippen LogP contribution >= 0.6 is 0 Å². The first-order valence-electron chi connectivity index (χ1n) is 4.45. The third kappa shape index (κ3) is 3.49. The van der Waals surface area contributed by atoms with E-state index in [0.29, 0.717) is 0 Å². The number of rotatable bonds is 5. The van der Waals surface area contributed by atoms with Crippen molar-refractivity contribution in [2.45, 2.75) is 19.9 Å². The van der Waals surface area contributed by atoms with Crippen LogP contribution in [0.15, 0.2) is 30.6 Å². The summed E-state index contributed by atoms with van der Waals surface area (Å²) in [6, 6.07) is 6.11. The standard InChI is InChI=1S/C10H16NO/c1-2-12-10-6-9-11-7-4-3-5-8-11/h3-5,7-8H,2,6,9-10H2,1H3/q+1. The molecule has 1 heterocycles. The quantitative estimate of drug-likeness (QED) is 0.476. The van der Waals surface area contributed by atoms with Gasteiger partial charge in [-0.2, -0.15) is 0 Å². The number of aryl methyl sites for hydroxylation is 1. The predicted molar refractivity (Wildman–Crippen MR) is 47.7 cm³/mol. The smallest absolute Gasteiger partial charge is 0.168 e. The van der Waals surface area contributed by atoms with Crippen molar-refractivity contribution < 1.29 is 9.30 Å². The van der Waals surface area contributed by atoms with Crippen LogP contribution in [-0.4, -0.2) is 13.2 Å². The largest absolute Gasteiger partial charge is 0.381 e. The lowest BCUT2D eigenvalue weighted by molar-refractivity contribution is -0.697. The van der Waals surface area contributed by atoms with E-state index in [0.717, 1.165) is 26.2 Å². The summed E-state index contributed by atoms with van der Waals surface area (Å²) >= 11 is 0. The molecule has 66 valence electrons. The molecule has 0 amide bonds. The molecule has 1 aromatic rings. The lowest BCUT2D eigenvalue weighted by Gasteiger charge is -1.97. The third-order valence-electron chi connectivity index (χ3n) is 1.69. The molecule has 0 aliphatic rings. The van der Waals surface area contributed by atoms with Gasteiger partial charge in [0, 0.05) is 25.2 Å². The Bertz CT molecular complexity index is 198. The molecule has 1 rings (SSSR count). The van der Waals surface area contributed by atoms with Crippen LogP contribution in [0.2, 0.25) is 0 Å². The molecule has 0 radical (unpaired) electrons. The van der Waals surface area contributed by atoms with Gasteiger partial charge in [-0.1, -0.05) is 6.07 Å². The van der Waals surface area contributed by atoms with Crippen molar-refractivity contribution in [2.75, 3.05) is 13.2 Å². The van der Waals surface area contributed by atoms with E-state index in [1.165, 1.54) is 0 Å². The summed E-state index contributed by atoms with van der Waals surface area (Å²) in [5.41, 5.74) is 0. The Morgan fingerprint density at radius 1 is 1.17 bits per heavy atom. The molecule has 0 saturated carbocycles. The topological polar surface area (TPSA) is 13.1 Å². The molecule has 0 aliphatic carbocycles. The highest BCUT2D eigenvalue weighted by Crippen LogP contribution is 1.83. The maximum Gasteiger partial charge on any atom is 0.168 e. The van der Waals surface area contributed by atoms with Crippen LogP contribution in [0.1, 0.15) is 13.3 Å². The minimum absolute atomic E-state index is 0.819. The second-order valence-corrected chi connectivity index (χ2v) is 2.66. The zero-order valence-electron chi connectivity index (χ0n) is 7.57. The fourth-order valence-electron chi connectivity index (χ4n) is 1.08. The summed E-state index contributed by atoms with van der Waals surface area (Å²) in [5, 5.41) is 0. The van der Waals surface area contributed by atoms with Gasteiger partial charge < -0.3 is 4.74 Å². The lowest BCUT2D eigenvalue weighted by atomic mass is 10.4. The number of ether oxygens (including phenoxy) is 1. The van der Waals surface area contributed by atoms with Crippen LogP contribution in [0.4, 0.5) is 0 Å². The van der Waals surface area contributed by atoms with Gasteiger partial charge in [-0.3, -0.25) is 0 Å². The second-order valence-electron chi connectivity index (χ2n) is 2.66. The van der Waals surface area contributed by atoms with Crippen LogP contribution in [0.5, 0.6) is 0 Å². The Balaban J connectivity index is 2.16. The average molecular weight is 166 g/mol. The predicted octanol–water partition coefficient (Wildman–Crippen LogP) is 1.40. The molecular formula is C10H16NO+. The maximum absolute atomic E-state index is 5.24. The van der Waals surface area contributed by atoms with E-state index in [-0.39, 0.29) is 0 Å². The molecule has 2 nitrogen and oxygen atoms in total. The van der Waals surface area contributed by atoms with Gasteiger partial charge >= 0.3 is 0 Å². The molecular weight excluding hydrogens is 150 g/mol. The SMILES string of the molecule is CCOCCC[n+]1ccccc1. The normalized spacial score (nSPS) is 10.1. The summed E-state index contributed by atoms with van der Waals surface area (Å²) in [6.07, 6.45) is 5.24. The lowest BCUT2D eigenvalue weighted by Crippen LogP contribution is -2.32. The minimum Gasteiger partial charge on any atom is -0.381 e. The Labute approximate surface area is 73.8 Å². The van der Waals surface area contributed by atoms with Gasteiger partial charge in [-0.05, 0) is 6.92 Å². The van der Waals surface area contributed by atoms with Crippen molar-refractivity contribution in [1.29, 1.82) is 0 Å². The van der Waals surface area contributed by atoms with Gasteiger partial charge in [-0.25, -0.2) is 4.57 Å². The van der Waals surface area contributed by atoms with Gasteiger partial charge in [0.2, 0.25) is 0 Å². The first kappa shape index (κ1) is 9.20. The van der Waals surface area contributed by atoms with E-state index in [4.69, 9.17) is 4.74 Å². The maximum atomic E-state index is 5.24.